The van der Waals surface area contributed by atoms with Crippen molar-refractivity contribution in [3.05, 3.63) is 54.2 Å². The molecule has 6 nitrogen and oxygen atoms in total. The van der Waals surface area contributed by atoms with E-state index in [1.807, 2.05) is 56.0 Å². The number of carbonyl (C=O) groups is 2. The summed E-state index contributed by atoms with van der Waals surface area (Å²) in [6, 6.07) is 12.8. The normalized spacial score (nSPS) is 14.8. The van der Waals surface area contributed by atoms with E-state index in [1.54, 1.807) is 17.0 Å². The van der Waals surface area contributed by atoms with Gasteiger partial charge in [-0.2, -0.15) is 0 Å². The van der Waals surface area contributed by atoms with Crippen molar-refractivity contribution in [2.45, 2.75) is 20.8 Å². The highest BCUT2D eigenvalue weighted by Crippen LogP contribution is 2.21. The van der Waals surface area contributed by atoms with Crippen LogP contribution in [0, 0.1) is 5.41 Å². The average molecular weight is 367 g/mol. The molecule has 27 heavy (non-hydrogen) atoms. The van der Waals surface area contributed by atoms with E-state index in [9.17, 15) is 9.59 Å². The Bertz CT molecular complexity index is 790. The zero-order valence-electron chi connectivity index (χ0n) is 16.0. The summed E-state index contributed by atoms with van der Waals surface area (Å²) in [7, 11) is 0. The van der Waals surface area contributed by atoms with Crippen molar-refractivity contribution in [1.29, 1.82) is 0 Å². The van der Waals surface area contributed by atoms with Crippen LogP contribution in [0.25, 0.3) is 0 Å². The van der Waals surface area contributed by atoms with Crippen LogP contribution in [0.1, 0.15) is 31.1 Å². The Morgan fingerprint density at radius 2 is 1.56 bits per heavy atom. The highest BCUT2D eigenvalue weighted by Gasteiger charge is 2.31. The molecule has 2 aromatic rings. The van der Waals surface area contributed by atoms with E-state index < -0.39 is 5.41 Å². The van der Waals surface area contributed by atoms with Crippen molar-refractivity contribution < 1.29 is 14.3 Å². The minimum atomic E-state index is -0.398. The molecule has 0 saturated carbocycles. The van der Waals surface area contributed by atoms with E-state index in [0.29, 0.717) is 43.4 Å². The van der Waals surface area contributed by atoms with E-state index in [4.69, 9.17) is 4.74 Å². The van der Waals surface area contributed by atoms with Gasteiger partial charge in [0.05, 0.1) is 5.56 Å². The Kier molecular flexibility index (Phi) is 5.44. The van der Waals surface area contributed by atoms with Crippen molar-refractivity contribution in [3.63, 3.8) is 0 Å². The monoisotopic (exact) mass is 367 g/mol. The highest BCUT2D eigenvalue weighted by molar-refractivity contribution is 5.94. The summed E-state index contributed by atoms with van der Waals surface area (Å²) in [6.45, 7) is 7.92. The molecule has 1 saturated heterocycles. The van der Waals surface area contributed by atoms with Crippen molar-refractivity contribution in [2.24, 2.45) is 5.41 Å². The molecule has 142 valence electrons. The Morgan fingerprint density at radius 3 is 2.11 bits per heavy atom. The molecular formula is C21H25N3O3. The molecule has 0 atom stereocenters. The van der Waals surface area contributed by atoms with Crippen molar-refractivity contribution >= 4 is 11.8 Å². The largest absolute Gasteiger partial charge is 0.439 e. The average Bonchev–Trinajstić information content (AvgIpc) is 2.68. The van der Waals surface area contributed by atoms with Crippen LogP contribution in [0.15, 0.2) is 48.7 Å². The summed E-state index contributed by atoms with van der Waals surface area (Å²) in [5.41, 5.74) is 0.121. The van der Waals surface area contributed by atoms with Gasteiger partial charge in [0.1, 0.15) is 5.75 Å². The Balaban J connectivity index is 1.58. The molecule has 1 aliphatic heterocycles. The van der Waals surface area contributed by atoms with Crippen molar-refractivity contribution in [1.82, 2.24) is 14.8 Å². The molecule has 0 bridgehead atoms. The van der Waals surface area contributed by atoms with Gasteiger partial charge in [-0.15, -0.1) is 0 Å². The summed E-state index contributed by atoms with van der Waals surface area (Å²) in [5, 5.41) is 0. The Hall–Kier alpha value is -2.89. The summed E-state index contributed by atoms with van der Waals surface area (Å²) >= 11 is 0. The lowest BCUT2D eigenvalue weighted by molar-refractivity contribution is -0.140. The number of pyridine rings is 1. The van der Waals surface area contributed by atoms with Crippen molar-refractivity contribution in [3.8, 4) is 11.6 Å². The van der Waals surface area contributed by atoms with Gasteiger partial charge < -0.3 is 14.5 Å². The van der Waals surface area contributed by atoms with Crippen LogP contribution in [-0.2, 0) is 4.79 Å². The third kappa shape index (κ3) is 4.64. The van der Waals surface area contributed by atoms with Gasteiger partial charge in [0.15, 0.2) is 0 Å². The zero-order valence-corrected chi connectivity index (χ0v) is 16.0. The predicted molar refractivity (Wildman–Crippen MR) is 103 cm³/mol. The molecule has 0 spiro atoms. The van der Waals surface area contributed by atoms with Crippen LogP contribution in [0.2, 0.25) is 0 Å². The van der Waals surface area contributed by atoms with Crippen LogP contribution in [-0.4, -0.2) is 52.8 Å². The van der Waals surface area contributed by atoms with Gasteiger partial charge >= 0.3 is 0 Å². The fraction of sp³-hybridized carbons (Fsp3) is 0.381. The SMILES string of the molecule is CC(C)(C)C(=O)N1CCN(C(=O)c2ccc(Oc3ccccc3)nc2)CC1. The molecule has 3 rings (SSSR count). The predicted octanol–water partition coefficient (Wildman–Crippen LogP) is 3.20. The number of aromatic nitrogens is 1. The maximum Gasteiger partial charge on any atom is 0.255 e. The number of hydrogen-bond acceptors (Lipinski definition) is 4. The van der Waals surface area contributed by atoms with Gasteiger partial charge in [0, 0.05) is 43.9 Å². The van der Waals surface area contributed by atoms with E-state index in [-0.39, 0.29) is 11.8 Å². The first-order valence-corrected chi connectivity index (χ1v) is 9.12. The van der Waals surface area contributed by atoms with Gasteiger partial charge in [0.2, 0.25) is 11.8 Å². The van der Waals surface area contributed by atoms with Crippen molar-refractivity contribution in [2.75, 3.05) is 26.2 Å². The standard InChI is InChI=1S/C21H25N3O3/c1-21(2,3)20(26)24-13-11-23(12-14-24)19(25)16-9-10-18(22-15-16)27-17-7-5-4-6-8-17/h4-10,15H,11-14H2,1-3H3. The molecule has 0 aliphatic carbocycles. The number of amides is 2. The Morgan fingerprint density at radius 1 is 0.926 bits per heavy atom. The minimum absolute atomic E-state index is 0.0726. The molecule has 1 aromatic carbocycles. The third-order valence-corrected chi connectivity index (χ3v) is 4.44. The number of benzene rings is 1. The Labute approximate surface area is 159 Å². The lowest BCUT2D eigenvalue weighted by Crippen LogP contribution is -2.53. The summed E-state index contributed by atoms with van der Waals surface area (Å²) < 4.78 is 5.65. The minimum Gasteiger partial charge on any atom is -0.439 e. The second-order valence-corrected chi connectivity index (χ2v) is 7.63. The smallest absolute Gasteiger partial charge is 0.255 e. The number of hydrogen-bond donors (Lipinski definition) is 0. The molecule has 6 heteroatoms. The fourth-order valence-corrected chi connectivity index (χ4v) is 2.95. The molecule has 0 N–H and O–H groups in total. The van der Waals surface area contributed by atoms with Gasteiger partial charge in [-0.25, -0.2) is 4.98 Å². The lowest BCUT2D eigenvalue weighted by atomic mass is 9.94. The molecule has 2 amide bonds. The number of rotatable bonds is 3. The summed E-state index contributed by atoms with van der Waals surface area (Å²) in [4.78, 5) is 32.9. The number of ether oxygens (including phenoxy) is 1. The van der Waals surface area contributed by atoms with Crippen LogP contribution in [0.3, 0.4) is 0 Å². The fourth-order valence-electron chi connectivity index (χ4n) is 2.95. The van der Waals surface area contributed by atoms with Gasteiger partial charge in [-0.3, -0.25) is 9.59 Å². The van der Waals surface area contributed by atoms with E-state index >= 15 is 0 Å². The number of para-hydroxylation sites is 1. The molecule has 0 unspecified atom stereocenters. The van der Waals surface area contributed by atoms with E-state index in [1.165, 1.54) is 6.20 Å². The third-order valence-electron chi connectivity index (χ3n) is 4.44. The van der Waals surface area contributed by atoms with E-state index in [2.05, 4.69) is 4.98 Å². The maximum absolute atomic E-state index is 12.7. The quantitative estimate of drug-likeness (QED) is 0.836. The second kappa shape index (κ2) is 7.78. The number of nitrogens with zero attached hydrogens (tertiary/aromatic N) is 3. The van der Waals surface area contributed by atoms with Crippen LogP contribution in [0.4, 0.5) is 0 Å². The summed E-state index contributed by atoms with van der Waals surface area (Å²) in [6.07, 6.45) is 1.54. The first-order valence-electron chi connectivity index (χ1n) is 9.12. The molecule has 1 fully saturated rings. The van der Waals surface area contributed by atoms with E-state index in [0.717, 1.165) is 0 Å². The van der Waals surface area contributed by atoms with Crippen LogP contribution >= 0.6 is 0 Å². The summed E-state index contributed by atoms with van der Waals surface area (Å²) in [5.74, 6) is 1.19. The zero-order chi connectivity index (χ0) is 19.4. The van der Waals surface area contributed by atoms with Gasteiger partial charge in [0.25, 0.3) is 5.91 Å². The molecular weight excluding hydrogens is 342 g/mol. The first kappa shape index (κ1) is 18.9. The lowest BCUT2D eigenvalue weighted by Gasteiger charge is -2.37. The second-order valence-electron chi connectivity index (χ2n) is 7.63. The molecule has 2 heterocycles. The first-order chi connectivity index (χ1) is 12.8. The van der Waals surface area contributed by atoms with Gasteiger partial charge in [-0.1, -0.05) is 39.0 Å². The maximum atomic E-state index is 12.7. The molecule has 1 aliphatic rings. The molecule has 1 aromatic heterocycles. The van der Waals surface area contributed by atoms with Crippen LogP contribution < -0.4 is 4.74 Å². The number of piperazine rings is 1. The highest BCUT2D eigenvalue weighted by atomic mass is 16.5. The number of carbonyl (C=O) groups excluding carboxylic acids is 2. The molecule has 0 radical (unpaired) electrons. The van der Waals surface area contributed by atoms with Crippen LogP contribution in [0.5, 0.6) is 11.6 Å². The van der Waals surface area contributed by atoms with Gasteiger partial charge in [-0.05, 0) is 18.2 Å². The topological polar surface area (TPSA) is 62.7 Å².